The number of carbonyl (C=O) groups excluding carboxylic acids is 2. The lowest BCUT2D eigenvalue weighted by Crippen LogP contribution is -2.34. The Morgan fingerprint density at radius 1 is 1.00 bits per heavy atom. The maximum absolute atomic E-state index is 12.5. The number of rotatable bonds is 8. The summed E-state index contributed by atoms with van der Waals surface area (Å²) in [5.41, 5.74) is 1.02. The van der Waals surface area contributed by atoms with Crippen LogP contribution in [0.2, 0.25) is 10.0 Å². The van der Waals surface area contributed by atoms with Crippen LogP contribution in [0.3, 0.4) is 0 Å². The van der Waals surface area contributed by atoms with E-state index in [1.807, 2.05) is 13.0 Å². The van der Waals surface area contributed by atoms with Crippen molar-refractivity contribution in [1.82, 2.24) is 4.90 Å². The fourth-order valence-corrected chi connectivity index (χ4v) is 3.01. The molecule has 1 amide bonds. The second-order valence-electron chi connectivity index (χ2n) is 5.80. The number of benzene rings is 2. The third-order valence-electron chi connectivity index (χ3n) is 4.03. The molecule has 8 heteroatoms. The van der Waals surface area contributed by atoms with Crippen molar-refractivity contribution in [2.45, 2.75) is 13.5 Å². The Bertz CT molecular complexity index is 856. The highest BCUT2D eigenvalue weighted by Crippen LogP contribution is 2.28. The quantitative estimate of drug-likeness (QED) is 0.592. The van der Waals surface area contributed by atoms with Crippen molar-refractivity contribution in [2.75, 3.05) is 27.4 Å². The lowest BCUT2D eigenvalue weighted by Gasteiger charge is -2.21. The molecule has 28 heavy (non-hydrogen) atoms. The van der Waals surface area contributed by atoms with Gasteiger partial charge >= 0.3 is 5.97 Å². The van der Waals surface area contributed by atoms with E-state index in [4.69, 9.17) is 37.4 Å². The molecule has 6 nitrogen and oxygen atoms in total. The third kappa shape index (κ3) is 5.53. The van der Waals surface area contributed by atoms with Crippen LogP contribution >= 0.6 is 23.2 Å². The minimum Gasteiger partial charge on any atom is -0.493 e. The molecule has 0 saturated heterocycles. The lowest BCUT2D eigenvalue weighted by atomic mass is 10.2. The molecule has 0 radical (unpaired) electrons. The van der Waals surface area contributed by atoms with E-state index in [-0.39, 0.29) is 23.1 Å². The van der Waals surface area contributed by atoms with Crippen LogP contribution in [-0.2, 0) is 16.1 Å². The van der Waals surface area contributed by atoms with Gasteiger partial charge in [-0.25, -0.2) is 4.79 Å². The molecule has 0 aliphatic rings. The number of carbonyl (C=O) groups is 2. The second kappa shape index (κ2) is 10.2. The Balaban J connectivity index is 2.00. The summed E-state index contributed by atoms with van der Waals surface area (Å²) in [6.45, 7) is 2.25. The Morgan fingerprint density at radius 2 is 1.71 bits per heavy atom. The molecule has 0 atom stereocenters. The molecular weight excluding hydrogens is 405 g/mol. The zero-order valence-electron chi connectivity index (χ0n) is 15.8. The number of hydrogen-bond acceptors (Lipinski definition) is 5. The molecule has 0 heterocycles. The minimum absolute atomic E-state index is 0.154. The van der Waals surface area contributed by atoms with Crippen molar-refractivity contribution in [3.63, 3.8) is 0 Å². The topological polar surface area (TPSA) is 65.1 Å². The molecule has 0 aliphatic carbocycles. The smallest absolute Gasteiger partial charge is 0.340 e. The Labute approximate surface area is 173 Å². The van der Waals surface area contributed by atoms with Crippen LogP contribution in [0.1, 0.15) is 22.8 Å². The number of hydrogen-bond donors (Lipinski definition) is 0. The summed E-state index contributed by atoms with van der Waals surface area (Å²) in [5, 5.41) is 0.576. The van der Waals surface area contributed by atoms with Crippen molar-refractivity contribution in [2.24, 2.45) is 0 Å². The summed E-state index contributed by atoms with van der Waals surface area (Å²) in [6, 6.07) is 9.84. The van der Waals surface area contributed by atoms with Crippen LogP contribution < -0.4 is 9.47 Å². The molecule has 0 fully saturated rings. The molecule has 0 N–H and O–H groups in total. The number of esters is 1. The van der Waals surface area contributed by atoms with Crippen LogP contribution in [0.4, 0.5) is 0 Å². The van der Waals surface area contributed by atoms with E-state index in [1.165, 1.54) is 18.2 Å². The van der Waals surface area contributed by atoms with Gasteiger partial charge in [0.25, 0.3) is 5.91 Å². The summed E-state index contributed by atoms with van der Waals surface area (Å²) in [4.78, 5) is 26.2. The minimum atomic E-state index is -0.683. The van der Waals surface area contributed by atoms with E-state index in [1.54, 1.807) is 31.3 Å². The van der Waals surface area contributed by atoms with Gasteiger partial charge in [0.15, 0.2) is 18.1 Å². The highest BCUT2D eigenvalue weighted by molar-refractivity contribution is 6.36. The van der Waals surface area contributed by atoms with Gasteiger partial charge in [-0.05, 0) is 42.8 Å². The maximum atomic E-state index is 12.5. The van der Waals surface area contributed by atoms with E-state index in [9.17, 15) is 9.59 Å². The summed E-state index contributed by atoms with van der Waals surface area (Å²) >= 11 is 11.8. The largest absolute Gasteiger partial charge is 0.493 e. The van der Waals surface area contributed by atoms with Crippen LogP contribution in [0.25, 0.3) is 0 Å². The number of nitrogens with zero attached hydrogens (tertiary/aromatic N) is 1. The van der Waals surface area contributed by atoms with E-state index >= 15 is 0 Å². The first-order valence-corrected chi connectivity index (χ1v) is 9.26. The van der Waals surface area contributed by atoms with Gasteiger partial charge in [0.1, 0.15) is 0 Å². The zero-order chi connectivity index (χ0) is 20.7. The second-order valence-corrected chi connectivity index (χ2v) is 6.64. The van der Waals surface area contributed by atoms with Gasteiger partial charge in [0.05, 0.1) is 24.8 Å². The number of likely N-dealkylation sites (N-methyl/N-ethyl adjacent to an activating group) is 1. The first-order valence-electron chi connectivity index (χ1n) is 8.50. The van der Waals surface area contributed by atoms with Gasteiger partial charge in [-0.1, -0.05) is 29.3 Å². The molecule has 0 bridgehead atoms. The summed E-state index contributed by atoms with van der Waals surface area (Å²) < 4.78 is 15.6. The van der Waals surface area contributed by atoms with Crippen molar-refractivity contribution in [3.8, 4) is 11.5 Å². The maximum Gasteiger partial charge on any atom is 0.340 e. The molecule has 2 aromatic carbocycles. The van der Waals surface area contributed by atoms with Crippen LogP contribution in [0.5, 0.6) is 11.5 Å². The van der Waals surface area contributed by atoms with Gasteiger partial charge < -0.3 is 19.1 Å². The van der Waals surface area contributed by atoms with E-state index < -0.39 is 5.97 Å². The zero-order valence-corrected chi connectivity index (χ0v) is 17.3. The fourth-order valence-electron chi connectivity index (χ4n) is 2.53. The van der Waals surface area contributed by atoms with Crippen molar-refractivity contribution in [3.05, 3.63) is 57.6 Å². The van der Waals surface area contributed by atoms with Crippen LogP contribution in [0, 0.1) is 0 Å². The number of ether oxygens (including phenoxy) is 3. The van der Waals surface area contributed by atoms with Gasteiger partial charge in [-0.3, -0.25) is 4.79 Å². The average Bonchev–Trinajstić information content (AvgIpc) is 2.69. The molecule has 2 aromatic rings. The Hall–Kier alpha value is -2.44. The highest BCUT2D eigenvalue weighted by atomic mass is 35.5. The first kappa shape index (κ1) is 21.9. The molecule has 0 saturated carbocycles. The van der Waals surface area contributed by atoms with E-state index in [0.717, 1.165) is 5.56 Å². The van der Waals surface area contributed by atoms with Crippen molar-refractivity contribution in [1.29, 1.82) is 0 Å². The number of amides is 1. The van der Waals surface area contributed by atoms with Crippen LogP contribution in [0.15, 0.2) is 36.4 Å². The molecule has 0 aromatic heterocycles. The first-order chi connectivity index (χ1) is 13.4. The number of halogens is 2. The Kier molecular flexibility index (Phi) is 7.96. The van der Waals surface area contributed by atoms with Gasteiger partial charge in [-0.2, -0.15) is 0 Å². The predicted molar refractivity (Wildman–Crippen MR) is 107 cm³/mol. The monoisotopic (exact) mass is 425 g/mol. The van der Waals surface area contributed by atoms with Gasteiger partial charge in [0, 0.05) is 18.1 Å². The van der Waals surface area contributed by atoms with Gasteiger partial charge in [-0.15, -0.1) is 0 Å². The molecule has 2 rings (SSSR count). The predicted octanol–water partition coefficient (Wildman–Crippen LogP) is 4.22. The molecule has 0 unspecified atom stereocenters. The van der Waals surface area contributed by atoms with Crippen LogP contribution in [-0.4, -0.2) is 44.1 Å². The van der Waals surface area contributed by atoms with Crippen molar-refractivity contribution < 1.29 is 23.8 Å². The summed E-state index contributed by atoms with van der Waals surface area (Å²) in [7, 11) is 3.10. The SMILES string of the molecule is CCN(Cc1ccc(OC)c(OC)c1)C(=O)COC(=O)c1ccc(Cl)cc1Cl. The normalized spacial score (nSPS) is 10.3. The highest BCUT2D eigenvalue weighted by Gasteiger charge is 2.18. The molecule has 0 spiro atoms. The van der Waals surface area contributed by atoms with E-state index in [0.29, 0.717) is 29.6 Å². The summed E-state index contributed by atoms with van der Waals surface area (Å²) in [5.74, 6) is 0.176. The average molecular weight is 426 g/mol. The molecule has 0 aliphatic heterocycles. The number of methoxy groups -OCH3 is 2. The molecule has 150 valence electrons. The standard InChI is InChI=1S/C20H21Cl2NO5/c1-4-23(11-13-5-8-17(26-2)18(9-13)27-3)19(24)12-28-20(25)15-7-6-14(21)10-16(15)22/h5-10H,4,11-12H2,1-3H3. The van der Waals surface area contributed by atoms with E-state index in [2.05, 4.69) is 0 Å². The fraction of sp³-hybridized carbons (Fsp3) is 0.300. The third-order valence-corrected chi connectivity index (χ3v) is 4.58. The van der Waals surface area contributed by atoms with Crippen molar-refractivity contribution >= 4 is 35.1 Å². The lowest BCUT2D eigenvalue weighted by molar-refractivity contribution is -0.134. The summed E-state index contributed by atoms with van der Waals surface area (Å²) in [6.07, 6.45) is 0. The molecular formula is C20H21Cl2NO5. The Morgan fingerprint density at radius 3 is 2.32 bits per heavy atom. The van der Waals surface area contributed by atoms with Gasteiger partial charge in [0.2, 0.25) is 0 Å².